The van der Waals surface area contributed by atoms with Crippen LogP contribution in [-0.4, -0.2) is 38.3 Å². The van der Waals surface area contributed by atoms with Crippen LogP contribution in [0.25, 0.3) is 0 Å². The summed E-state index contributed by atoms with van der Waals surface area (Å²) in [6.45, 7) is 5.09. The molecule has 0 spiro atoms. The lowest BCUT2D eigenvalue weighted by Crippen LogP contribution is -2.24. The number of rotatable bonds is 7. The van der Waals surface area contributed by atoms with E-state index in [0.717, 1.165) is 0 Å². The summed E-state index contributed by atoms with van der Waals surface area (Å²) in [5.74, 6) is 1.89. The van der Waals surface area contributed by atoms with Crippen molar-refractivity contribution in [3.8, 4) is 12.3 Å². The molecule has 1 amide bonds. The monoisotopic (exact) mass is 320 g/mol. The van der Waals surface area contributed by atoms with Crippen molar-refractivity contribution in [3.05, 3.63) is 29.8 Å². The number of carbonyl (C=O) groups is 1. The van der Waals surface area contributed by atoms with Gasteiger partial charge < -0.3 is 5.32 Å². The zero-order chi connectivity index (χ0) is 16.6. The molecule has 8 heteroatoms. The Balaban J connectivity index is 3.02. The third-order valence-electron chi connectivity index (χ3n) is 2.46. The molecular weight excluding hydrogens is 304 g/mol. The average molecular weight is 320 g/mol. The second kappa shape index (κ2) is 7.95. The highest BCUT2D eigenvalue weighted by atomic mass is 32.2. The van der Waals surface area contributed by atoms with E-state index in [4.69, 9.17) is 6.42 Å². The lowest BCUT2D eigenvalue weighted by atomic mass is 10.2. The van der Waals surface area contributed by atoms with Crippen LogP contribution in [0.15, 0.2) is 39.4 Å². The third kappa shape index (κ3) is 4.17. The maximum Gasteiger partial charge on any atom is 0.299 e. The van der Waals surface area contributed by atoms with Gasteiger partial charge in [-0.1, -0.05) is 17.4 Å². The summed E-state index contributed by atoms with van der Waals surface area (Å²) in [7, 11) is -3.94. The Hall–Kier alpha value is -2.66. The number of nitrogens with zero attached hydrogens (tertiary/aromatic N) is 3. The van der Waals surface area contributed by atoms with Crippen molar-refractivity contribution >= 4 is 28.9 Å². The molecule has 0 atom stereocenters. The Morgan fingerprint density at radius 3 is 2.59 bits per heavy atom. The highest BCUT2D eigenvalue weighted by Gasteiger charge is 2.22. The molecule has 0 aliphatic carbocycles. The van der Waals surface area contributed by atoms with Crippen molar-refractivity contribution < 1.29 is 13.2 Å². The van der Waals surface area contributed by atoms with Gasteiger partial charge in [0.05, 0.1) is 11.4 Å². The number of benzene rings is 1. The van der Waals surface area contributed by atoms with E-state index in [1.165, 1.54) is 30.5 Å². The molecule has 0 saturated heterocycles. The van der Waals surface area contributed by atoms with Crippen molar-refractivity contribution in [1.29, 1.82) is 0 Å². The van der Waals surface area contributed by atoms with Crippen LogP contribution in [0.2, 0.25) is 0 Å². The van der Waals surface area contributed by atoms with E-state index in [9.17, 15) is 13.2 Å². The van der Waals surface area contributed by atoms with Crippen LogP contribution in [0.4, 0.5) is 0 Å². The number of terminal acetylenes is 1. The number of nitrogens with one attached hydrogen (secondary N) is 1. The van der Waals surface area contributed by atoms with Gasteiger partial charge in [-0.25, -0.2) is 0 Å². The van der Waals surface area contributed by atoms with Crippen molar-refractivity contribution in [3.63, 3.8) is 0 Å². The smallest absolute Gasteiger partial charge is 0.299 e. The fourth-order valence-electron chi connectivity index (χ4n) is 1.43. The molecule has 0 heterocycles. The first kappa shape index (κ1) is 17.4. The molecule has 0 aliphatic rings. The second-order valence-corrected chi connectivity index (χ2v) is 5.73. The average Bonchev–Trinajstić information content (AvgIpc) is 2.53. The number of hydrogen-bond acceptors (Lipinski definition) is 5. The largest absolute Gasteiger partial charge is 0.341 e. The van der Waals surface area contributed by atoms with Gasteiger partial charge in [0.1, 0.15) is 0 Å². The zero-order valence-corrected chi connectivity index (χ0v) is 12.9. The molecule has 0 unspecified atom stereocenters. The van der Waals surface area contributed by atoms with Crippen LogP contribution < -0.4 is 5.32 Å². The van der Waals surface area contributed by atoms with Gasteiger partial charge in [0.15, 0.2) is 0 Å². The Bertz CT molecular complexity index is 703. The minimum atomic E-state index is -3.94. The van der Waals surface area contributed by atoms with Gasteiger partial charge in [-0.3, -0.25) is 4.79 Å². The fourth-order valence-corrected chi connectivity index (χ4v) is 2.44. The topological polar surface area (TPSA) is 91.2 Å². The molecular formula is C14H16N4O3S. The second-order valence-electron chi connectivity index (χ2n) is 3.99. The van der Waals surface area contributed by atoms with Gasteiger partial charge in [0.25, 0.3) is 15.9 Å². The van der Waals surface area contributed by atoms with Gasteiger partial charge in [-0.2, -0.15) is 18.6 Å². The number of sulfonamides is 1. The molecule has 0 saturated carbocycles. The van der Waals surface area contributed by atoms with E-state index in [0.29, 0.717) is 16.5 Å². The van der Waals surface area contributed by atoms with Crippen LogP contribution in [0.3, 0.4) is 0 Å². The molecule has 22 heavy (non-hydrogen) atoms. The molecule has 1 aromatic carbocycles. The maximum atomic E-state index is 12.3. The Morgan fingerprint density at radius 2 is 2.09 bits per heavy atom. The first-order valence-electron chi connectivity index (χ1n) is 6.33. The van der Waals surface area contributed by atoms with E-state index in [1.807, 2.05) is 0 Å². The summed E-state index contributed by atoms with van der Waals surface area (Å²) in [5.41, 5.74) is 0.296. The molecule has 0 bridgehead atoms. The van der Waals surface area contributed by atoms with Gasteiger partial charge in [-0.15, -0.1) is 6.42 Å². The van der Waals surface area contributed by atoms with E-state index in [2.05, 4.69) is 28.2 Å². The van der Waals surface area contributed by atoms with Crippen molar-refractivity contribution in [1.82, 2.24) is 9.84 Å². The van der Waals surface area contributed by atoms with Crippen LogP contribution in [-0.2, 0) is 10.0 Å². The predicted octanol–water partition coefficient (Wildman–Crippen LogP) is 1.05. The molecule has 0 aromatic heterocycles. The standard InChI is InChI=1S/C14H16N4O3S/c1-4-10-16-14(19)12-6-8-13(9-7-12)22(20,21)18(15-3)17-11-5-2/h1,6-9,11H,3,5,10H2,2H3,(H,16,19)/b17-11-. The summed E-state index contributed by atoms with van der Waals surface area (Å²) in [4.78, 5) is 11.6. The Kier molecular flexibility index (Phi) is 6.28. The van der Waals surface area contributed by atoms with Crippen LogP contribution in [0.1, 0.15) is 23.7 Å². The Morgan fingerprint density at radius 1 is 1.45 bits per heavy atom. The quantitative estimate of drug-likeness (QED) is 0.462. The fraction of sp³-hybridized carbons (Fsp3) is 0.214. The van der Waals surface area contributed by atoms with Gasteiger partial charge in [0.2, 0.25) is 0 Å². The number of amides is 1. The van der Waals surface area contributed by atoms with E-state index >= 15 is 0 Å². The van der Waals surface area contributed by atoms with Crippen LogP contribution in [0.5, 0.6) is 0 Å². The Labute approximate surface area is 129 Å². The molecule has 7 nitrogen and oxygen atoms in total. The first-order chi connectivity index (χ1) is 10.5. The van der Waals surface area contributed by atoms with Crippen molar-refractivity contribution in [2.75, 3.05) is 6.54 Å². The zero-order valence-electron chi connectivity index (χ0n) is 12.1. The normalized spacial score (nSPS) is 10.9. The highest BCUT2D eigenvalue weighted by molar-refractivity contribution is 7.89. The molecule has 116 valence electrons. The van der Waals surface area contributed by atoms with Crippen molar-refractivity contribution in [2.45, 2.75) is 18.2 Å². The van der Waals surface area contributed by atoms with E-state index < -0.39 is 10.0 Å². The van der Waals surface area contributed by atoms with Crippen LogP contribution in [0, 0.1) is 12.3 Å². The molecule has 1 rings (SSSR count). The minimum absolute atomic E-state index is 0.0540. The van der Waals surface area contributed by atoms with Crippen molar-refractivity contribution in [2.24, 2.45) is 10.2 Å². The van der Waals surface area contributed by atoms with E-state index in [1.54, 1.807) is 6.92 Å². The van der Waals surface area contributed by atoms with Gasteiger partial charge in [0, 0.05) is 18.5 Å². The van der Waals surface area contributed by atoms with Gasteiger partial charge >= 0.3 is 0 Å². The SMILES string of the molecule is C#CCNC(=O)c1ccc(S(=O)(=O)N(N=C)/N=C\CC)cc1. The van der Waals surface area contributed by atoms with Crippen LogP contribution >= 0.6 is 0 Å². The lowest BCUT2D eigenvalue weighted by Gasteiger charge is -2.12. The number of hydrogen-bond donors (Lipinski definition) is 1. The molecule has 1 N–H and O–H groups in total. The summed E-state index contributed by atoms with van der Waals surface area (Å²) in [5, 5.41) is 9.55. The molecule has 0 aliphatic heterocycles. The number of carbonyl (C=O) groups excluding carboxylic acids is 1. The summed E-state index contributed by atoms with van der Waals surface area (Å²) >= 11 is 0. The van der Waals surface area contributed by atoms with E-state index in [-0.39, 0.29) is 17.3 Å². The maximum absolute atomic E-state index is 12.3. The predicted molar refractivity (Wildman–Crippen MR) is 85.0 cm³/mol. The molecule has 0 fully saturated rings. The third-order valence-corrected chi connectivity index (χ3v) is 3.97. The summed E-state index contributed by atoms with van der Waals surface area (Å²) in [6, 6.07) is 5.34. The first-order valence-corrected chi connectivity index (χ1v) is 7.77. The molecule has 0 radical (unpaired) electrons. The number of hydrazone groups is 2. The van der Waals surface area contributed by atoms with Gasteiger partial charge in [-0.05, 0) is 30.7 Å². The summed E-state index contributed by atoms with van der Waals surface area (Å²) < 4.78 is 25.1. The molecule has 1 aromatic rings. The minimum Gasteiger partial charge on any atom is -0.341 e. The summed E-state index contributed by atoms with van der Waals surface area (Å²) in [6.07, 6.45) is 6.99. The lowest BCUT2D eigenvalue weighted by molar-refractivity contribution is 0.0958. The highest BCUT2D eigenvalue weighted by Crippen LogP contribution is 2.17.